The van der Waals surface area contributed by atoms with Gasteiger partial charge in [0.05, 0.1) is 0 Å². The third kappa shape index (κ3) is 5.71. The van der Waals surface area contributed by atoms with E-state index in [-0.39, 0.29) is 17.7 Å². The molecule has 0 spiro atoms. The van der Waals surface area contributed by atoms with Gasteiger partial charge in [-0.15, -0.1) is 0 Å². The summed E-state index contributed by atoms with van der Waals surface area (Å²) in [6.07, 6.45) is 5.77. The first-order chi connectivity index (χ1) is 15.2. The second-order valence-electron chi connectivity index (χ2n) is 8.12. The predicted molar refractivity (Wildman–Crippen MR) is 120 cm³/mol. The lowest BCUT2D eigenvalue weighted by Crippen LogP contribution is -2.41. The maximum absolute atomic E-state index is 12.5. The molecule has 2 amide bonds. The Kier molecular flexibility index (Phi) is 6.96. The van der Waals surface area contributed by atoms with Crippen LogP contribution >= 0.6 is 0 Å². The Labute approximate surface area is 183 Å². The van der Waals surface area contributed by atoms with Crippen molar-refractivity contribution in [3.05, 3.63) is 42.6 Å². The number of aromatic nitrogens is 2. The summed E-state index contributed by atoms with van der Waals surface area (Å²) in [5.74, 6) is 1.83. The second-order valence-corrected chi connectivity index (χ2v) is 8.12. The minimum Gasteiger partial charge on any atom is -0.356 e. The second kappa shape index (κ2) is 10.2. The van der Waals surface area contributed by atoms with Crippen molar-refractivity contribution >= 4 is 29.3 Å². The van der Waals surface area contributed by atoms with Gasteiger partial charge in [0.25, 0.3) is 0 Å². The highest BCUT2D eigenvalue weighted by Gasteiger charge is 2.26. The van der Waals surface area contributed by atoms with Gasteiger partial charge in [-0.2, -0.15) is 4.98 Å². The van der Waals surface area contributed by atoms with Crippen LogP contribution in [0.1, 0.15) is 32.1 Å². The molecule has 0 radical (unpaired) electrons. The molecule has 0 unspecified atom stereocenters. The van der Waals surface area contributed by atoms with E-state index in [2.05, 4.69) is 25.5 Å². The Bertz CT molecular complexity index is 883. The third-order valence-corrected chi connectivity index (χ3v) is 5.91. The number of likely N-dealkylation sites (tertiary alicyclic amines) is 1. The maximum atomic E-state index is 12.5. The first-order valence-electron chi connectivity index (χ1n) is 11.1. The zero-order chi connectivity index (χ0) is 21.5. The Morgan fingerprint density at radius 2 is 1.90 bits per heavy atom. The van der Waals surface area contributed by atoms with Crippen molar-refractivity contribution < 1.29 is 9.59 Å². The van der Waals surface area contributed by atoms with Crippen LogP contribution in [0.15, 0.2) is 42.6 Å². The van der Waals surface area contributed by atoms with E-state index in [0.717, 1.165) is 63.4 Å². The average molecular weight is 423 g/mol. The van der Waals surface area contributed by atoms with Crippen LogP contribution in [0, 0.1) is 5.92 Å². The molecule has 0 aliphatic carbocycles. The molecule has 8 heteroatoms. The van der Waals surface area contributed by atoms with Crippen molar-refractivity contribution in [3.63, 3.8) is 0 Å². The van der Waals surface area contributed by atoms with Gasteiger partial charge in [-0.3, -0.25) is 9.59 Å². The van der Waals surface area contributed by atoms with Crippen molar-refractivity contribution in [1.29, 1.82) is 0 Å². The molecule has 0 bridgehead atoms. The van der Waals surface area contributed by atoms with E-state index in [4.69, 9.17) is 0 Å². The molecule has 31 heavy (non-hydrogen) atoms. The van der Waals surface area contributed by atoms with Crippen LogP contribution in [0.3, 0.4) is 0 Å². The summed E-state index contributed by atoms with van der Waals surface area (Å²) in [7, 11) is 0. The normalized spacial score (nSPS) is 17.1. The lowest BCUT2D eigenvalue weighted by Gasteiger charge is -2.31. The molecule has 2 saturated heterocycles. The number of benzene rings is 1. The van der Waals surface area contributed by atoms with Gasteiger partial charge in [0, 0.05) is 56.9 Å². The van der Waals surface area contributed by atoms with Crippen molar-refractivity contribution in [2.24, 2.45) is 5.92 Å². The van der Waals surface area contributed by atoms with Crippen LogP contribution in [0.2, 0.25) is 0 Å². The van der Waals surface area contributed by atoms with Crippen LogP contribution in [0.5, 0.6) is 0 Å². The van der Waals surface area contributed by atoms with Crippen molar-refractivity contribution in [1.82, 2.24) is 20.2 Å². The Morgan fingerprint density at radius 1 is 1.10 bits per heavy atom. The predicted octanol–water partition coefficient (Wildman–Crippen LogP) is 2.57. The number of anilines is 3. The largest absolute Gasteiger partial charge is 0.356 e. The highest BCUT2D eigenvalue weighted by molar-refractivity contribution is 5.79. The lowest BCUT2D eigenvalue weighted by molar-refractivity contribution is -0.127. The molecule has 164 valence electrons. The van der Waals surface area contributed by atoms with Crippen molar-refractivity contribution in [2.45, 2.75) is 32.1 Å². The first kappa shape index (κ1) is 21.1. The van der Waals surface area contributed by atoms with Crippen molar-refractivity contribution in [3.8, 4) is 0 Å². The van der Waals surface area contributed by atoms with E-state index < -0.39 is 0 Å². The number of hydrogen-bond acceptors (Lipinski definition) is 6. The first-order valence-corrected chi connectivity index (χ1v) is 11.1. The summed E-state index contributed by atoms with van der Waals surface area (Å²) in [6.45, 7) is 3.74. The quantitative estimate of drug-likeness (QED) is 0.636. The number of para-hydroxylation sites is 1. The van der Waals surface area contributed by atoms with Crippen LogP contribution in [-0.2, 0) is 9.59 Å². The number of rotatable bonds is 8. The van der Waals surface area contributed by atoms with E-state index >= 15 is 0 Å². The summed E-state index contributed by atoms with van der Waals surface area (Å²) in [5, 5.41) is 6.34. The molecule has 0 atom stereocenters. The fourth-order valence-corrected chi connectivity index (χ4v) is 4.15. The van der Waals surface area contributed by atoms with Gasteiger partial charge >= 0.3 is 0 Å². The number of hydrogen-bond donors (Lipinski definition) is 2. The zero-order valence-corrected chi connectivity index (χ0v) is 17.8. The number of nitrogens with zero attached hydrogens (tertiary/aromatic N) is 4. The molecule has 0 saturated carbocycles. The fraction of sp³-hybridized carbons (Fsp3) is 0.478. The van der Waals surface area contributed by atoms with E-state index in [1.54, 1.807) is 6.20 Å². The van der Waals surface area contributed by atoms with Crippen LogP contribution in [-0.4, -0.2) is 59.4 Å². The van der Waals surface area contributed by atoms with Gasteiger partial charge in [-0.25, -0.2) is 4.98 Å². The number of carbonyl (C=O) groups is 2. The van der Waals surface area contributed by atoms with E-state index in [1.165, 1.54) is 0 Å². The molecule has 1 aromatic carbocycles. The molecule has 2 fully saturated rings. The fourth-order valence-electron chi connectivity index (χ4n) is 4.15. The van der Waals surface area contributed by atoms with Gasteiger partial charge in [0.1, 0.15) is 5.82 Å². The Balaban J connectivity index is 1.21. The standard InChI is InChI=1S/C23H30N6O2/c30-21-8-4-14-28(21)15-5-12-24-22(31)18-10-16-29(17-11-18)23-25-13-9-20(27-23)26-19-6-2-1-3-7-19/h1-3,6-7,9,13,18H,4-5,8,10-12,14-17H2,(H,24,31)(H,25,26,27). The molecule has 2 aliphatic rings. The molecule has 1 aromatic heterocycles. The maximum Gasteiger partial charge on any atom is 0.227 e. The van der Waals surface area contributed by atoms with Crippen molar-refractivity contribution in [2.75, 3.05) is 42.9 Å². The number of piperidine rings is 1. The smallest absolute Gasteiger partial charge is 0.227 e. The Morgan fingerprint density at radius 3 is 2.65 bits per heavy atom. The van der Waals surface area contributed by atoms with Gasteiger partial charge in [-0.1, -0.05) is 18.2 Å². The van der Waals surface area contributed by atoms with Gasteiger partial charge < -0.3 is 20.4 Å². The number of amides is 2. The van der Waals surface area contributed by atoms with E-state index in [9.17, 15) is 9.59 Å². The molecule has 2 aliphatic heterocycles. The molecule has 3 heterocycles. The molecule has 8 nitrogen and oxygen atoms in total. The SMILES string of the molecule is O=C(NCCCN1CCCC1=O)C1CCN(c2nccc(Nc3ccccc3)n2)CC1. The molecule has 2 N–H and O–H groups in total. The monoisotopic (exact) mass is 422 g/mol. The van der Waals surface area contributed by atoms with Gasteiger partial charge in [0.2, 0.25) is 17.8 Å². The van der Waals surface area contributed by atoms with Crippen LogP contribution in [0.25, 0.3) is 0 Å². The summed E-state index contributed by atoms with van der Waals surface area (Å²) in [5.41, 5.74) is 0.983. The lowest BCUT2D eigenvalue weighted by atomic mass is 9.96. The van der Waals surface area contributed by atoms with Crippen LogP contribution in [0.4, 0.5) is 17.5 Å². The minimum atomic E-state index is 0.0234. The zero-order valence-electron chi connectivity index (χ0n) is 17.8. The minimum absolute atomic E-state index is 0.0234. The highest BCUT2D eigenvalue weighted by atomic mass is 16.2. The summed E-state index contributed by atoms with van der Waals surface area (Å²) < 4.78 is 0. The number of nitrogens with one attached hydrogen (secondary N) is 2. The highest BCUT2D eigenvalue weighted by Crippen LogP contribution is 2.22. The average Bonchev–Trinajstić information content (AvgIpc) is 3.22. The topological polar surface area (TPSA) is 90.5 Å². The third-order valence-electron chi connectivity index (χ3n) is 5.91. The Hall–Kier alpha value is -3.16. The van der Waals surface area contributed by atoms with Crippen LogP contribution < -0.4 is 15.5 Å². The van der Waals surface area contributed by atoms with Gasteiger partial charge in [-0.05, 0) is 43.9 Å². The summed E-state index contributed by atoms with van der Waals surface area (Å²) >= 11 is 0. The summed E-state index contributed by atoms with van der Waals surface area (Å²) in [4.78, 5) is 37.2. The molecular formula is C23H30N6O2. The number of carbonyl (C=O) groups excluding carboxylic acids is 2. The van der Waals surface area contributed by atoms with Gasteiger partial charge in [0.15, 0.2) is 0 Å². The van der Waals surface area contributed by atoms with E-state index in [1.807, 2.05) is 41.3 Å². The molecule has 4 rings (SSSR count). The summed E-state index contributed by atoms with van der Waals surface area (Å²) in [6, 6.07) is 11.8. The van der Waals surface area contributed by atoms with E-state index in [0.29, 0.717) is 18.9 Å². The molecule has 2 aromatic rings. The molecular weight excluding hydrogens is 392 g/mol.